The van der Waals surface area contributed by atoms with Crippen molar-refractivity contribution in [2.45, 2.75) is 25.3 Å². The highest BCUT2D eigenvalue weighted by atomic mass is 19.1. The first kappa shape index (κ1) is 13.5. The maximum Gasteiger partial charge on any atom is 0.329 e. The van der Waals surface area contributed by atoms with Crippen LogP contribution in [0.25, 0.3) is 11.0 Å². The summed E-state index contributed by atoms with van der Waals surface area (Å²) in [7, 11) is 0. The third kappa shape index (κ3) is 1.96. The molecule has 3 rings (SSSR count). The predicted octanol–water partition coefficient (Wildman–Crippen LogP) is 1.78. The average Bonchev–Trinajstić information content (AvgIpc) is 3.03. The quantitative estimate of drug-likeness (QED) is 0.883. The Bertz CT molecular complexity index is 742. The van der Waals surface area contributed by atoms with Gasteiger partial charge in [0.1, 0.15) is 16.9 Å². The zero-order chi connectivity index (χ0) is 15.2. The normalized spacial score (nSPS) is 21.9. The maximum absolute atomic E-state index is 13.6. The number of carbonyl (C=O) groups excluding carboxylic acids is 1. The van der Waals surface area contributed by atoms with E-state index >= 15 is 0 Å². The number of carboxylic acids is 1. The van der Waals surface area contributed by atoms with Gasteiger partial charge in [-0.15, -0.1) is 0 Å². The van der Waals surface area contributed by atoms with Crippen LogP contribution in [0, 0.1) is 5.82 Å². The second-order valence-electron chi connectivity index (χ2n) is 5.39. The lowest BCUT2D eigenvalue weighted by Gasteiger charge is -2.31. The second-order valence-corrected chi connectivity index (χ2v) is 5.39. The van der Waals surface area contributed by atoms with E-state index in [-0.39, 0.29) is 5.56 Å². The molecule has 21 heavy (non-hydrogen) atoms. The lowest BCUT2D eigenvalue weighted by atomic mass is 9.98. The van der Waals surface area contributed by atoms with Crippen LogP contribution < -0.4 is 0 Å². The van der Waals surface area contributed by atoms with Crippen molar-refractivity contribution in [1.29, 1.82) is 0 Å². The number of carboxylic acid groups (broad SMARTS) is 1. The van der Waals surface area contributed by atoms with Gasteiger partial charge in [0.25, 0.3) is 5.91 Å². The number of aromatic nitrogens is 2. The van der Waals surface area contributed by atoms with Crippen LogP contribution in [0.2, 0.25) is 0 Å². The van der Waals surface area contributed by atoms with Gasteiger partial charge in [0.2, 0.25) is 0 Å². The first-order valence-electron chi connectivity index (χ1n) is 6.61. The van der Waals surface area contributed by atoms with Crippen LogP contribution >= 0.6 is 0 Å². The minimum absolute atomic E-state index is 0.0839. The van der Waals surface area contributed by atoms with Gasteiger partial charge >= 0.3 is 5.97 Å². The molecule has 0 aliphatic carbocycles. The molecular weight excluding hydrogens is 277 g/mol. The van der Waals surface area contributed by atoms with E-state index in [4.69, 9.17) is 0 Å². The standard InChI is InChI=1S/C14H14FN3O3/c1-14(13(20)21)3-2-4-18(14)12(19)9-5-8(15)6-10-11(9)17-7-16-10/h5-7H,2-4H2,1H3,(H,16,17)(H,20,21). The number of rotatable bonds is 2. The molecule has 1 saturated heterocycles. The smallest absolute Gasteiger partial charge is 0.329 e. The molecule has 6 nitrogen and oxygen atoms in total. The number of nitrogens with one attached hydrogen (secondary N) is 1. The van der Waals surface area contributed by atoms with E-state index in [0.717, 1.165) is 6.07 Å². The van der Waals surface area contributed by atoms with Crippen molar-refractivity contribution in [3.63, 3.8) is 0 Å². The number of hydrogen-bond acceptors (Lipinski definition) is 3. The van der Waals surface area contributed by atoms with E-state index in [1.54, 1.807) is 0 Å². The molecular formula is C14H14FN3O3. The van der Waals surface area contributed by atoms with Crippen molar-refractivity contribution in [1.82, 2.24) is 14.9 Å². The first-order chi connectivity index (χ1) is 9.93. The Morgan fingerprint density at radius 2 is 2.24 bits per heavy atom. The summed E-state index contributed by atoms with van der Waals surface area (Å²) in [6.45, 7) is 1.85. The molecule has 1 fully saturated rings. The molecule has 0 spiro atoms. The van der Waals surface area contributed by atoms with E-state index in [1.807, 2.05) is 0 Å². The molecule has 110 valence electrons. The fourth-order valence-electron chi connectivity index (χ4n) is 2.83. The van der Waals surface area contributed by atoms with Gasteiger partial charge in [-0.2, -0.15) is 0 Å². The van der Waals surface area contributed by atoms with Gasteiger partial charge in [0.05, 0.1) is 17.4 Å². The molecule has 1 amide bonds. The number of H-pyrrole nitrogens is 1. The van der Waals surface area contributed by atoms with E-state index in [0.29, 0.717) is 30.4 Å². The first-order valence-corrected chi connectivity index (χ1v) is 6.61. The fourth-order valence-corrected chi connectivity index (χ4v) is 2.83. The zero-order valence-electron chi connectivity index (χ0n) is 11.4. The molecule has 1 aliphatic heterocycles. The second kappa shape index (κ2) is 4.54. The van der Waals surface area contributed by atoms with Crippen molar-refractivity contribution in [2.24, 2.45) is 0 Å². The summed E-state index contributed by atoms with van der Waals surface area (Å²) in [6, 6.07) is 2.35. The summed E-state index contributed by atoms with van der Waals surface area (Å²) >= 11 is 0. The molecule has 2 heterocycles. The summed E-state index contributed by atoms with van der Waals surface area (Å²) in [5, 5.41) is 9.38. The summed E-state index contributed by atoms with van der Waals surface area (Å²) in [4.78, 5) is 32.2. The van der Waals surface area contributed by atoms with Crippen LogP contribution in [0.4, 0.5) is 4.39 Å². The summed E-state index contributed by atoms with van der Waals surface area (Å²) < 4.78 is 13.6. The molecule has 7 heteroatoms. The molecule has 0 radical (unpaired) electrons. The van der Waals surface area contributed by atoms with Gasteiger partial charge in [-0.3, -0.25) is 4.79 Å². The van der Waals surface area contributed by atoms with Crippen LogP contribution in [-0.2, 0) is 4.79 Å². The van der Waals surface area contributed by atoms with Gasteiger partial charge in [-0.25, -0.2) is 14.2 Å². The van der Waals surface area contributed by atoms with Crippen molar-refractivity contribution < 1.29 is 19.1 Å². The molecule has 1 aromatic heterocycles. The number of amides is 1. The minimum Gasteiger partial charge on any atom is -0.480 e. The predicted molar refractivity (Wildman–Crippen MR) is 72.4 cm³/mol. The Morgan fingerprint density at radius 1 is 1.48 bits per heavy atom. The zero-order valence-corrected chi connectivity index (χ0v) is 11.4. The van der Waals surface area contributed by atoms with E-state index in [2.05, 4.69) is 9.97 Å². The van der Waals surface area contributed by atoms with Crippen LogP contribution in [-0.4, -0.2) is 43.9 Å². The van der Waals surface area contributed by atoms with Gasteiger partial charge in [0, 0.05) is 6.54 Å². The number of halogens is 1. The highest BCUT2D eigenvalue weighted by Gasteiger charge is 2.46. The Balaban J connectivity index is 2.08. The maximum atomic E-state index is 13.6. The van der Waals surface area contributed by atoms with Gasteiger partial charge in [-0.05, 0) is 31.9 Å². The number of imidazole rings is 1. The number of hydrogen-bond donors (Lipinski definition) is 2. The molecule has 2 N–H and O–H groups in total. The van der Waals surface area contributed by atoms with Gasteiger partial charge in [-0.1, -0.05) is 0 Å². The largest absolute Gasteiger partial charge is 0.480 e. The Kier molecular flexibility index (Phi) is 2.93. The Hall–Kier alpha value is -2.44. The topological polar surface area (TPSA) is 86.3 Å². The van der Waals surface area contributed by atoms with Crippen molar-refractivity contribution in [3.8, 4) is 0 Å². The number of nitrogens with zero attached hydrogens (tertiary/aromatic N) is 2. The third-order valence-electron chi connectivity index (χ3n) is 4.07. The Morgan fingerprint density at radius 3 is 2.95 bits per heavy atom. The van der Waals surface area contributed by atoms with Crippen LogP contribution in [0.5, 0.6) is 0 Å². The van der Waals surface area contributed by atoms with Crippen molar-refractivity contribution in [2.75, 3.05) is 6.54 Å². The van der Waals surface area contributed by atoms with E-state index in [1.165, 1.54) is 24.2 Å². The monoisotopic (exact) mass is 291 g/mol. The summed E-state index contributed by atoms with van der Waals surface area (Å²) in [5.74, 6) is -2.12. The number of fused-ring (bicyclic) bond motifs is 1. The highest BCUT2D eigenvalue weighted by Crippen LogP contribution is 2.32. The Labute approximate surface area is 119 Å². The highest BCUT2D eigenvalue weighted by molar-refractivity contribution is 6.06. The molecule has 1 unspecified atom stereocenters. The lowest BCUT2D eigenvalue weighted by molar-refractivity contribution is -0.147. The van der Waals surface area contributed by atoms with Gasteiger partial charge < -0.3 is 15.0 Å². The molecule has 1 aliphatic rings. The summed E-state index contributed by atoms with van der Waals surface area (Å²) in [5.41, 5.74) is -0.414. The molecule has 0 saturated carbocycles. The number of aromatic amines is 1. The van der Waals surface area contributed by atoms with Crippen LogP contribution in [0.15, 0.2) is 18.5 Å². The van der Waals surface area contributed by atoms with E-state index in [9.17, 15) is 19.1 Å². The van der Waals surface area contributed by atoms with Crippen molar-refractivity contribution >= 4 is 22.9 Å². The number of likely N-dealkylation sites (tertiary alicyclic amines) is 1. The van der Waals surface area contributed by atoms with E-state index < -0.39 is 23.2 Å². The lowest BCUT2D eigenvalue weighted by Crippen LogP contribution is -2.50. The van der Waals surface area contributed by atoms with Gasteiger partial charge in [0.15, 0.2) is 0 Å². The third-order valence-corrected chi connectivity index (χ3v) is 4.07. The minimum atomic E-state index is -1.26. The number of carbonyl (C=O) groups is 2. The van der Waals surface area contributed by atoms with Crippen LogP contribution in [0.1, 0.15) is 30.1 Å². The van der Waals surface area contributed by atoms with Crippen molar-refractivity contribution in [3.05, 3.63) is 29.8 Å². The number of aliphatic carboxylic acids is 1. The summed E-state index contributed by atoms with van der Waals surface area (Å²) in [6.07, 6.45) is 2.36. The SMILES string of the molecule is CC1(C(=O)O)CCCN1C(=O)c1cc(F)cc2[nH]cnc12. The van der Waals surface area contributed by atoms with Crippen LogP contribution in [0.3, 0.4) is 0 Å². The molecule has 1 aromatic carbocycles. The average molecular weight is 291 g/mol. The molecule has 0 bridgehead atoms. The molecule has 1 atom stereocenters. The molecule has 2 aromatic rings. The number of benzene rings is 1. The fraction of sp³-hybridized carbons (Fsp3) is 0.357.